The van der Waals surface area contributed by atoms with Gasteiger partial charge in [0.25, 0.3) is 0 Å². The van der Waals surface area contributed by atoms with Gasteiger partial charge in [0.15, 0.2) is 0 Å². The maximum absolute atomic E-state index is 5.50. The second-order valence-electron chi connectivity index (χ2n) is 3.55. The van der Waals surface area contributed by atoms with Gasteiger partial charge in [-0.25, -0.2) is 0 Å². The lowest BCUT2D eigenvalue weighted by atomic mass is 10.0. The second-order valence-corrected chi connectivity index (χ2v) is 3.55. The summed E-state index contributed by atoms with van der Waals surface area (Å²) in [5.41, 5.74) is 2.14. The molecule has 78 valence electrons. The monoisotopic (exact) mass is 201 g/mol. The average Bonchev–Trinajstić information content (AvgIpc) is 2.70. The molecular weight excluding hydrogens is 186 g/mol. The van der Waals surface area contributed by atoms with Crippen molar-refractivity contribution in [2.24, 2.45) is 0 Å². The molecule has 1 unspecified atom stereocenters. The topological polar surface area (TPSA) is 25.2 Å². The summed E-state index contributed by atoms with van der Waals surface area (Å²) < 4.78 is 5.50. The highest BCUT2D eigenvalue weighted by Gasteiger charge is 2.13. The number of para-hydroxylation sites is 1. The number of hydrogen-bond acceptors (Lipinski definition) is 2. The zero-order valence-corrected chi connectivity index (χ0v) is 8.86. The van der Waals surface area contributed by atoms with Crippen LogP contribution in [0.2, 0.25) is 0 Å². The Morgan fingerprint density at radius 3 is 3.00 bits per heavy atom. The van der Waals surface area contributed by atoms with Gasteiger partial charge in [-0.2, -0.15) is 0 Å². The van der Waals surface area contributed by atoms with Gasteiger partial charge in [0.2, 0.25) is 0 Å². The van der Waals surface area contributed by atoms with E-state index in [9.17, 15) is 0 Å². The Bertz CT molecular complexity index is 458. The fourth-order valence-electron chi connectivity index (χ4n) is 1.84. The van der Waals surface area contributed by atoms with Crippen molar-refractivity contribution in [3.8, 4) is 0 Å². The molecule has 2 heteroatoms. The lowest BCUT2D eigenvalue weighted by Gasteiger charge is -2.11. The van der Waals surface area contributed by atoms with Gasteiger partial charge in [-0.15, -0.1) is 6.58 Å². The molecular formula is C13H15NO. The molecule has 0 saturated heterocycles. The Hall–Kier alpha value is -1.54. The molecule has 1 heterocycles. The number of nitrogens with one attached hydrogen (secondary N) is 1. The second kappa shape index (κ2) is 4.32. The molecule has 1 aromatic heterocycles. The van der Waals surface area contributed by atoms with E-state index in [0.29, 0.717) is 0 Å². The molecule has 0 radical (unpaired) electrons. The van der Waals surface area contributed by atoms with Crippen LogP contribution in [-0.2, 0) is 0 Å². The molecule has 0 saturated carbocycles. The van der Waals surface area contributed by atoms with Gasteiger partial charge in [0, 0.05) is 17.0 Å². The molecule has 2 rings (SSSR count). The number of benzene rings is 1. The summed E-state index contributed by atoms with van der Waals surface area (Å²) in [6, 6.07) is 8.37. The Kier molecular flexibility index (Phi) is 2.88. The number of rotatable bonds is 4. The molecule has 0 amide bonds. The lowest BCUT2D eigenvalue weighted by Crippen LogP contribution is -2.14. The Balaban J connectivity index is 2.45. The van der Waals surface area contributed by atoms with E-state index in [0.717, 1.165) is 12.0 Å². The minimum absolute atomic E-state index is 0.283. The molecule has 15 heavy (non-hydrogen) atoms. The highest BCUT2D eigenvalue weighted by molar-refractivity contribution is 5.81. The van der Waals surface area contributed by atoms with Crippen LogP contribution >= 0.6 is 0 Å². The van der Waals surface area contributed by atoms with Gasteiger partial charge in [-0.1, -0.05) is 24.3 Å². The molecule has 0 bridgehead atoms. The third-order valence-electron chi connectivity index (χ3n) is 2.64. The van der Waals surface area contributed by atoms with Crippen LogP contribution < -0.4 is 5.32 Å². The fourth-order valence-corrected chi connectivity index (χ4v) is 1.84. The molecule has 0 spiro atoms. The van der Waals surface area contributed by atoms with E-state index in [1.807, 2.05) is 37.6 Å². The van der Waals surface area contributed by atoms with Crippen molar-refractivity contribution in [2.75, 3.05) is 7.05 Å². The minimum atomic E-state index is 0.283. The van der Waals surface area contributed by atoms with Crippen LogP contribution in [0.4, 0.5) is 0 Å². The number of furan rings is 1. The molecule has 0 aliphatic rings. The SMILES string of the molecule is C=CCC(NC)c1coc2ccccc12. The van der Waals surface area contributed by atoms with E-state index < -0.39 is 0 Å². The van der Waals surface area contributed by atoms with Gasteiger partial charge in [0.05, 0.1) is 6.26 Å². The summed E-state index contributed by atoms with van der Waals surface area (Å²) in [5, 5.41) is 4.45. The van der Waals surface area contributed by atoms with Gasteiger partial charge in [-0.3, -0.25) is 0 Å². The Morgan fingerprint density at radius 2 is 2.27 bits per heavy atom. The van der Waals surface area contributed by atoms with Crippen molar-refractivity contribution < 1.29 is 4.42 Å². The Morgan fingerprint density at radius 1 is 1.47 bits per heavy atom. The van der Waals surface area contributed by atoms with Crippen molar-refractivity contribution in [1.29, 1.82) is 0 Å². The predicted molar refractivity (Wildman–Crippen MR) is 62.8 cm³/mol. The molecule has 2 nitrogen and oxygen atoms in total. The highest BCUT2D eigenvalue weighted by atomic mass is 16.3. The predicted octanol–water partition coefficient (Wildman–Crippen LogP) is 3.27. The lowest BCUT2D eigenvalue weighted by molar-refractivity contribution is 0.569. The van der Waals surface area contributed by atoms with E-state index in [4.69, 9.17) is 4.42 Å². The largest absolute Gasteiger partial charge is 0.464 e. The average molecular weight is 201 g/mol. The summed E-state index contributed by atoms with van der Waals surface area (Å²) in [6.45, 7) is 3.77. The first-order valence-corrected chi connectivity index (χ1v) is 5.11. The molecule has 0 fully saturated rings. The van der Waals surface area contributed by atoms with Gasteiger partial charge in [-0.05, 0) is 19.5 Å². The minimum Gasteiger partial charge on any atom is -0.464 e. The molecule has 2 aromatic rings. The van der Waals surface area contributed by atoms with Crippen molar-refractivity contribution in [1.82, 2.24) is 5.32 Å². The van der Waals surface area contributed by atoms with Crippen LogP contribution in [0.15, 0.2) is 47.6 Å². The van der Waals surface area contributed by atoms with Crippen LogP contribution in [0.3, 0.4) is 0 Å². The summed E-state index contributed by atoms with van der Waals surface area (Å²) in [6.07, 6.45) is 4.65. The molecule has 1 aromatic carbocycles. The van der Waals surface area contributed by atoms with Crippen LogP contribution in [0, 0.1) is 0 Å². The van der Waals surface area contributed by atoms with E-state index in [2.05, 4.69) is 18.0 Å². The summed E-state index contributed by atoms with van der Waals surface area (Å²) >= 11 is 0. The van der Waals surface area contributed by atoms with Crippen molar-refractivity contribution in [3.63, 3.8) is 0 Å². The maximum atomic E-state index is 5.50. The van der Waals surface area contributed by atoms with Crippen LogP contribution in [-0.4, -0.2) is 7.05 Å². The first-order valence-electron chi connectivity index (χ1n) is 5.11. The number of fused-ring (bicyclic) bond motifs is 1. The van der Waals surface area contributed by atoms with Gasteiger partial charge in [0.1, 0.15) is 5.58 Å². The van der Waals surface area contributed by atoms with Crippen LogP contribution in [0.1, 0.15) is 18.0 Å². The van der Waals surface area contributed by atoms with E-state index >= 15 is 0 Å². The highest BCUT2D eigenvalue weighted by Crippen LogP contribution is 2.27. The van der Waals surface area contributed by atoms with Crippen molar-refractivity contribution in [2.45, 2.75) is 12.5 Å². The zero-order chi connectivity index (χ0) is 10.7. The quantitative estimate of drug-likeness (QED) is 0.768. The Labute approximate surface area is 89.6 Å². The smallest absolute Gasteiger partial charge is 0.134 e. The van der Waals surface area contributed by atoms with E-state index in [1.54, 1.807) is 0 Å². The first kappa shape index (κ1) is 9.99. The molecule has 0 aliphatic heterocycles. The molecule has 1 N–H and O–H groups in total. The zero-order valence-electron chi connectivity index (χ0n) is 8.86. The summed E-state index contributed by atoms with van der Waals surface area (Å²) in [5.74, 6) is 0. The van der Waals surface area contributed by atoms with Gasteiger partial charge >= 0.3 is 0 Å². The number of hydrogen-bond donors (Lipinski definition) is 1. The maximum Gasteiger partial charge on any atom is 0.134 e. The standard InChI is InChI=1S/C13H15NO/c1-3-6-12(14-2)11-9-15-13-8-5-4-7-10(11)13/h3-5,7-9,12,14H,1,6H2,2H3. The summed E-state index contributed by atoms with van der Waals surface area (Å²) in [7, 11) is 1.95. The van der Waals surface area contributed by atoms with Crippen molar-refractivity contribution >= 4 is 11.0 Å². The summed E-state index contributed by atoms with van der Waals surface area (Å²) in [4.78, 5) is 0. The van der Waals surface area contributed by atoms with Crippen molar-refractivity contribution in [3.05, 3.63) is 48.7 Å². The fraction of sp³-hybridized carbons (Fsp3) is 0.231. The van der Waals surface area contributed by atoms with E-state index in [1.165, 1.54) is 10.9 Å². The molecule has 0 aliphatic carbocycles. The third kappa shape index (κ3) is 1.81. The van der Waals surface area contributed by atoms with Crippen LogP contribution in [0.5, 0.6) is 0 Å². The van der Waals surface area contributed by atoms with Gasteiger partial charge < -0.3 is 9.73 Å². The normalized spacial score (nSPS) is 12.9. The third-order valence-corrected chi connectivity index (χ3v) is 2.64. The van der Waals surface area contributed by atoms with Crippen LogP contribution in [0.25, 0.3) is 11.0 Å². The first-order chi connectivity index (χ1) is 7.36. The van der Waals surface area contributed by atoms with E-state index in [-0.39, 0.29) is 6.04 Å². The molecule has 1 atom stereocenters.